The largest absolute Gasteiger partial charge is 0.462 e. The number of allylic oxidation sites excluding steroid dienone is 8. The minimum atomic E-state index is -0.775. The lowest BCUT2D eigenvalue weighted by Gasteiger charge is -2.18. The van der Waals surface area contributed by atoms with Gasteiger partial charge in [-0.1, -0.05) is 223 Å². The van der Waals surface area contributed by atoms with E-state index in [2.05, 4.69) is 69.4 Å². The summed E-state index contributed by atoms with van der Waals surface area (Å²) >= 11 is 0. The highest BCUT2D eigenvalue weighted by molar-refractivity contribution is 5.71. The molecule has 0 saturated carbocycles. The first-order chi connectivity index (χ1) is 31.0. The summed E-state index contributed by atoms with van der Waals surface area (Å²) in [7, 11) is 0. The van der Waals surface area contributed by atoms with Gasteiger partial charge in [0.05, 0.1) is 0 Å². The van der Waals surface area contributed by atoms with Gasteiger partial charge in [0.2, 0.25) is 0 Å². The lowest BCUT2D eigenvalue weighted by atomic mass is 10.0. The normalized spacial score (nSPS) is 12.4. The highest BCUT2D eigenvalue weighted by atomic mass is 16.6. The van der Waals surface area contributed by atoms with E-state index in [9.17, 15) is 14.4 Å². The van der Waals surface area contributed by atoms with E-state index in [1.165, 1.54) is 141 Å². The predicted molar refractivity (Wildman–Crippen MR) is 270 cm³/mol. The van der Waals surface area contributed by atoms with Crippen LogP contribution < -0.4 is 0 Å². The van der Waals surface area contributed by atoms with E-state index in [4.69, 9.17) is 14.2 Å². The van der Waals surface area contributed by atoms with Crippen LogP contribution in [0.25, 0.3) is 0 Å². The van der Waals surface area contributed by atoms with Crippen molar-refractivity contribution >= 4 is 17.9 Å². The van der Waals surface area contributed by atoms with Crippen LogP contribution in [0, 0.1) is 0 Å². The standard InChI is InChI=1S/C57H102O6/c1-4-7-10-13-15-17-19-21-23-24-25-26-27-28-29-30-31-32-34-35-37-39-41-44-47-50-56(59)62-53-54(52-61-55(58)49-46-43-12-9-6-3)63-57(60)51-48-45-42-40-38-36-33-22-20-18-16-14-11-8-5-2/h16,18-19,21-22,24-25,33,54H,4-15,17,20,23,26-32,34-53H2,1-3H3/b18-16-,21-19-,25-24-,33-22-. The second-order valence-electron chi connectivity index (χ2n) is 18.1. The van der Waals surface area contributed by atoms with E-state index < -0.39 is 6.10 Å². The smallest absolute Gasteiger partial charge is 0.306 e. The van der Waals surface area contributed by atoms with Crippen LogP contribution in [-0.2, 0) is 28.6 Å². The molecule has 0 aliphatic carbocycles. The summed E-state index contributed by atoms with van der Waals surface area (Å²) in [4.78, 5) is 37.7. The number of ether oxygens (including phenoxy) is 3. The van der Waals surface area contributed by atoms with Crippen LogP contribution in [0.1, 0.15) is 278 Å². The van der Waals surface area contributed by atoms with Gasteiger partial charge in [-0.25, -0.2) is 0 Å². The Morgan fingerprint density at radius 3 is 0.905 bits per heavy atom. The summed E-state index contributed by atoms with van der Waals surface area (Å²) in [5, 5.41) is 0. The molecular weight excluding hydrogens is 781 g/mol. The molecular formula is C57H102O6. The van der Waals surface area contributed by atoms with Crippen LogP contribution in [0.3, 0.4) is 0 Å². The summed E-state index contributed by atoms with van der Waals surface area (Å²) in [5.41, 5.74) is 0. The van der Waals surface area contributed by atoms with Crippen molar-refractivity contribution in [3.63, 3.8) is 0 Å². The summed E-state index contributed by atoms with van der Waals surface area (Å²) in [6, 6.07) is 0. The molecule has 0 aliphatic rings. The third-order valence-electron chi connectivity index (χ3n) is 11.8. The molecule has 0 N–H and O–H groups in total. The molecule has 0 aliphatic heterocycles. The highest BCUT2D eigenvalue weighted by Crippen LogP contribution is 2.15. The number of carbonyl (C=O) groups is 3. The second-order valence-corrected chi connectivity index (χ2v) is 18.1. The van der Waals surface area contributed by atoms with Gasteiger partial charge < -0.3 is 14.2 Å². The van der Waals surface area contributed by atoms with Gasteiger partial charge in [-0.05, 0) is 83.5 Å². The van der Waals surface area contributed by atoms with Crippen molar-refractivity contribution in [2.45, 2.75) is 284 Å². The van der Waals surface area contributed by atoms with Gasteiger partial charge in [0.25, 0.3) is 0 Å². The van der Waals surface area contributed by atoms with Crippen molar-refractivity contribution < 1.29 is 28.6 Å². The molecule has 0 radical (unpaired) electrons. The van der Waals surface area contributed by atoms with E-state index >= 15 is 0 Å². The molecule has 1 unspecified atom stereocenters. The molecule has 6 heteroatoms. The minimum Gasteiger partial charge on any atom is -0.462 e. The lowest BCUT2D eigenvalue weighted by Crippen LogP contribution is -2.30. The third-order valence-corrected chi connectivity index (χ3v) is 11.8. The molecule has 63 heavy (non-hydrogen) atoms. The molecule has 1 atom stereocenters. The van der Waals surface area contributed by atoms with Gasteiger partial charge in [0, 0.05) is 19.3 Å². The average molecular weight is 883 g/mol. The van der Waals surface area contributed by atoms with Crippen LogP contribution in [0.2, 0.25) is 0 Å². The second kappa shape index (κ2) is 52.0. The van der Waals surface area contributed by atoms with Gasteiger partial charge in [0.15, 0.2) is 6.10 Å². The highest BCUT2D eigenvalue weighted by Gasteiger charge is 2.19. The molecule has 0 bridgehead atoms. The van der Waals surface area contributed by atoms with E-state index in [1.807, 2.05) is 0 Å². The molecule has 0 amide bonds. The van der Waals surface area contributed by atoms with E-state index in [0.717, 1.165) is 96.3 Å². The van der Waals surface area contributed by atoms with Crippen LogP contribution in [0.5, 0.6) is 0 Å². The van der Waals surface area contributed by atoms with Crippen molar-refractivity contribution in [3.8, 4) is 0 Å². The van der Waals surface area contributed by atoms with E-state index in [1.54, 1.807) is 0 Å². The minimum absolute atomic E-state index is 0.0781. The molecule has 6 nitrogen and oxygen atoms in total. The Hall–Kier alpha value is -2.63. The van der Waals surface area contributed by atoms with Gasteiger partial charge in [-0.2, -0.15) is 0 Å². The first-order valence-corrected chi connectivity index (χ1v) is 27.1. The molecule has 0 spiro atoms. The number of unbranched alkanes of at least 4 members (excludes halogenated alkanes) is 30. The van der Waals surface area contributed by atoms with Gasteiger partial charge in [-0.15, -0.1) is 0 Å². The maximum atomic E-state index is 12.7. The summed E-state index contributed by atoms with van der Waals surface area (Å²) in [6.07, 6.45) is 62.9. The van der Waals surface area contributed by atoms with E-state index in [-0.39, 0.29) is 31.1 Å². The topological polar surface area (TPSA) is 78.9 Å². The third kappa shape index (κ3) is 50.2. The van der Waals surface area contributed by atoms with Crippen LogP contribution in [-0.4, -0.2) is 37.2 Å². The Kier molecular flexibility index (Phi) is 49.8. The number of hydrogen-bond donors (Lipinski definition) is 0. The van der Waals surface area contributed by atoms with Crippen LogP contribution in [0.15, 0.2) is 48.6 Å². The quantitative estimate of drug-likeness (QED) is 0.0262. The number of carbonyl (C=O) groups excluding carboxylic acids is 3. The van der Waals surface area contributed by atoms with Crippen molar-refractivity contribution in [1.82, 2.24) is 0 Å². The number of hydrogen-bond acceptors (Lipinski definition) is 6. The fourth-order valence-corrected chi connectivity index (χ4v) is 7.68. The maximum absolute atomic E-state index is 12.7. The molecule has 0 aromatic heterocycles. The Morgan fingerprint density at radius 1 is 0.317 bits per heavy atom. The number of rotatable bonds is 49. The van der Waals surface area contributed by atoms with Crippen LogP contribution >= 0.6 is 0 Å². The molecule has 366 valence electrons. The predicted octanol–water partition coefficient (Wildman–Crippen LogP) is 17.9. The van der Waals surface area contributed by atoms with Crippen molar-refractivity contribution in [2.75, 3.05) is 13.2 Å². The Bertz CT molecular complexity index is 1110. The average Bonchev–Trinajstić information content (AvgIpc) is 3.28. The first kappa shape index (κ1) is 60.4. The zero-order valence-corrected chi connectivity index (χ0v) is 41.8. The van der Waals surface area contributed by atoms with Crippen LogP contribution in [0.4, 0.5) is 0 Å². The van der Waals surface area contributed by atoms with Crippen molar-refractivity contribution in [2.24, 2.45) is 0 Å². The first-order valence-electron chi connectivity index (χ1n) is 27.1. The number of esters is 3. The fourth-order valence-electron chi connectivity index (χ4n) is 7.68. The van der Waals surface area contributed by atoms with Crippen molar-refractivity contribution in [3.05, 3.63) is 48.6 Å². The van der Waals surface area contributed by atoms with Gasteiger partial charge in [0.1, 0.15) is 13.2 Å². The SMILES string of the molecule is CCCCC/C=C\C/C=C\CCCCCCCC(=O)OC(COC(=O)CCCCCCC)COC(=O)CCCCCCCCCCCCCCC/C=C\C/C=C\CCCCCCC. The zero-order valence-electron chi connectivity index (χ0n) is 41.8. The molecule has 0 saturated heterocycles. The summed E-state index contributed by atoms with van der Waals surface area (Å²) < 4.78 is 16.7. The Balaban J connectivity index is 4.07. The lowest BCUT2D eigenvalue weighted by molar-refractivity contribution is -0.167. The van der Waals surface area contributed by atoms with Crippen molar-refractivity contribution in [1.29, 1.82) is 0 Å². The zero-order chi connectivity index (χ0) is 45.8. The monoisotopic (exact) mass is 883 g/mol. The molecule has 0 heterocycles. The molecule has 0 rings (SSSR count). The van der Waals surface area contributed by atoms with Gasteiger partial charge >= 0.3 is 17.9 Å². The van der Waals surface area contributed by atoms with Gasteiger partial charge in [-0.3, -0.25) is 14.4 Å². The Labute approximate surface area is 390 Å². The Morgan fingerprint density at radius 2 is 0.571 bits per heavy atom. The molecule has 0 fully saturated rings. The maximum Gasteiger partial charge on any atom is 0.306 e. The summed E-state index contributed by atoms with van der Waals surface area (Å²) in [5.74, 6) is -0.900. The van der Waals surface area contributed by atoms with E-state index in [0.29, 0.717) is 19.3 Å². The molecule has 0 aromatic rings. The summed E-state index contributed by atoms with van der Waals surface area (Å²) in [6.45, 7) is 6.52. The fraction of sp³-hybridized carbons (Fsp3) is 0.807. The molecule has 0 aromatic carbocycles.